The minimum absolute atomic E-state index is 0.0921. The summed E-state index contributed by atoms with van der Waals surface area (Å²) in [7, 11) is 0. The van der Waals surface area contributed by atoms with Crippen molar-refractivity contribution in [3.63, 3.8) is 0 Å². The fourth-order valence-electron chi connectivity index (χ4n) is 8.84. The van der Waals surface area contributed by atoms with E-state index in [4.69, 9.17) is 9.47 Å². The summed E-state index contributed by atoms with van der Waals surface area (Å²) in [5, 5.41) is 5.53. The number of amides is 2. The lowest BCUT2D eigenvalue weighted by molar-refractivity contribution is -0.159. The van der Waals surface area contributed by atoms with Crippen LogP contribution in [0.2, 0.25) is 0 Å². The Hall–Kier alpha value is -7.34. The molecule has 12 heteroatoms. The SMILES string of the molecule is CC1=C(/C=C/C(C)=C/C=C/C(C)=C/C=C/C=C(C)/C=C/C=C(C)/C=C/C2=C(C)C(=O)C(OC(=O)C(NC(=O)c3cccnc3)C(C)C)CC2(C)C)C(C)(C)CC(OC(=O)C(CC(C)C)NC(=O)c2cccnc2)C1=O. The van der Waals surface area contributed by atoms with Crippen LogP contribution in [0.25, 0.3) is 0 Å². The molecule has 75 heavy (non-hydrogen) atoms. The number of hydrogen-bond acceptors (Lipinski definition) is 10. The minimum atomic E-state index is -0.961. The van der Waals surface area contributed by atoms with Crippen molar-refractivity contribution in [2.24, 2.45) is 22.7 Å². The van der Waals surface area contributed by atoms with Gasteiger partial charge in [0.05, 0.1) is 11.1 Å². The van der Waals surface area contributed by atoms with Gasteiger partial charge in [0.1, 0.15) is 12.1 Å². The Morgan fingerprint density at radius 2 is 1.01 bits per heavy atom. The zero-order valence-electron chi connectivity index (χ0n) is 46.4. The average Bonchev–Trinajstić information content (AvgIpc) is 3.34. The predicted octanol–water partition coefficient (Wildman–Crippen LogP) is 12.1. The number of esters is 2. The molecule has 2 amide bonds. The number of ether oxygens (including phenoxy) is 2. The van der Waals surface area contributed by atoms with Crippen LogP contribution >= 0.6 is 0 Å². The second-order valence-electron chi connectivity index (χ2n) is 21.6. The Bertz CT molecular complexity index is 2770. The zero-order valence-corrected chi connectivity index (χ0v) is 46.4. The van der Waals surface area contributed by atoms with E-state index in [0.29, 0.717) is 41.5 Å². The van der Waals surface area contributed by atoms with Crippen molar-refractivity contribution in [3.8, 4) is 0 Å². The number of Topliss-reactive ketones (excluding diaryl/α,β-unsaturated/α-hetero) is 2. The molecule has 0 bridgehead atoms. The first-order valence-electron chi connectivity index (χ1n) is 25.7. The predicted molar refractivity (Wildman–Crippen MR) is 298 cm³/mol. The van der Waals surface area contributed by atoms with Gasteiger partial charge >= 0.3 is 11.9 Å². The molecule has 4 unspecified atom stereocenters. The average molecular weight is 1020 g/mol. The molecule has 0 aromatic carbocycles. The Morgan fingerprint density at radius 1 is 0.613 bits per heavy atom. The molecule has 4 rings (SSSR count). The van der Waals surface area contributed by atoms with E-state index >= 15 is 0 Å². The van der Waals surface area contributed by atoms with Gasteiger partial charge < -0.3 is 20.1 Å². The van der Waals surface area contributed by atoms with Gasteiger partial charge in [0.25, 0.3) is 11.8 Å². The maximum atomic E-state index is 13.6. The first-order valence-corrected chi connectivity index (χ1v) is 25.7. The highest BCUT2D eigenvalue weighted by Crippen LogP contribution is 2.42. The lowest BCUT2D eigenvalue weighted by Gasteiger charge is -2.37. The van der Waals surface area contributed by atoms with Crippen LogP contribution in [0.5, 0.6) is 0 Å². The molecule has 4 atom stereocenters. The van der Waals surface area contributed by atoms with E-state index in [9.17, 15) is 28.8 Å². The number of allylic oxidation sites excluding steroid dienone is 20. The fraction of sp³-hybridized carbons (Fsp3) is 0.397. The van der Waals surface area contributed by atoms with E-state index in [1.54, 1.807) is 50.5 Å². The Balaban J connectivity index is 1.30. The van der Waals surface area contributed by atoms with Crippen molar-refractivity contribution in [1.29, 1.82) is 0 Å². The van der Waals surface area contributed by atoms with Gasteiger partial charge in [0.2, 0.25) is 0 Å². The number of ketones is 2. The van der Waals surface area contributed by atoms with Gasteiger partial charge in [-0.05, 0) is 117 Å². The Labute approximate surface area is 445 Å². The summed E-state index contributed by atoms with van der Waals surface area (Å²) in [6.07, 6.45) is 33.0. The zero-order chi connectivity index (χ0) is 55.6. The molecule has 0 fully saturated rings. The van der Waals surface area contributed by atoms with Gasteiger partial charge in [0.15, 0.2) is 23.8 Å². The minimum Gasteiger partial charge on any atom is -0.452 e. The summed E-state index contributed by atoms with van der Waals surface area (Å²) >= 11 is 0. The van der Waals surface area contributed by atoms with E-state index in [1.807, 2.05) is 168 Å². The van der Waals surface area contributed by atoms with Crippen LogP contribution in [0.15, 0.2) is 179 Å². The first-order chi connectivity index (χ1) is 35.3. The number of rotatable bonds is 21. The Morgan fingerprint density at radius 3 is 1.41 bits per heavy atom. The van der Waals surface area contributed by atoms with Crippen molar-refractivity contribution in [3.05, 3.63) is 190 Å². The number of carbonyl (C=O) groups is 6. The topological polar surface area (TPSA) is 171 Å². The van der Waals surface area contributed by atoms with Gasteiger partial charge in [-0.2, -0.15) is 0 Å². The monoisotopic (exact) mass is 1020 g/mol. The maximum absolute atomic E-state index is 13.6. The van der Waals surface area contributed by atoms with Crippen LogP contribution in [0.1, 0.15) is 137 Å². The van der Waals surface area contributed by atoms with Crippen LogP contribution in [-0.4, -0.2) is 69.6 Å². The van der Waals surface area contributed by atoms with Gasteiger partial charge in [-0.1, -0.05) is 163 Å². The summed E-state index contributed by atoms with van der Waals surface area (Å²) in [6, 6.07) is 4.69. The maximum Gasteiger partial charge on any atom is 0.329 e. The number of nitrogens with zero attached hydrogens (tertiary/aromatic N) is 2. The molecular formula is C63H78N4O8. The lowest BCUT2D eigenvalue weighted by Crippen LogP contribution is -2.48. The third-order valence-corrected chi connectivity index (χ3v) is 13.1. The van der Waals surface area contributed by atoms with Crippen molar-refractivity contribution in [1.82, 2.24) is 20.6 Å². The summed E-state index contributed by atoms with van der Waals surface area (Å²) in [5.41, 5.74) is 6.70. The summed E-state index contributed by atoms with van der Waals surface area (Å²) in [4.78, 5) is 87.6. The van der Waals surface area contributed by atoms with Gasteiger partial charge in [0, 0.05) is 37.6 Å². The molecule has 0 saturated heterocycles. The molecule has 0 spiro atoms. The quantitative estimate of drug-likeness (QED) is 0.0906. The normalized spacial score (nSPS) is 19.8. The Kier molecular flexibility index (Phi) is 22.3. The highest BCUT2D eigenvalue weighted by atomic mass is 16.6. The van der Waals surface area contributed by atoms with Crippen molar-refractivity contribution in [2.75, 3.05) is 0 Å². The van der Waals surface area contributed by atoms with E-state index in [1.165, 1.54) is 12.4 Å². The molecule has 2 aliphatic rings. The highest BCUT2D eigenvalue weighted by Gasteiger charge is 2.42. The number of nitrogens with one attached hydrogen (secondary N) is 2. The first kappa shape index (κ1) is 60.2. The summed E-state index contributed by atoms with van der Waals surface area (Å²) in [5.74, 6) is -2.81. The highest BCUT2D eigenvalue weighted by molar-refractivity contribution is 6.03. The third-order valence-electron chi connectivity index (χ3n) is 13.1. The smallest absolute Gasteiger partial charge is 0.329 e. The van der Waals surface area contributed by atoms with Crippen molar-refractivity contribution < 1.29 is 38.2 Å². The summed E-state index contributed by atoms with van der Waals surface area (Å²) in [6.45, 7) is 27.2. The fourth-order valence-corrected chi connectivity index (χ4v) is 8.84. The van der Waals surface area contributed by atoms with Crippen LogP contribution in [0, 0.1) is 22.7 Å². The largest absolute Gasteiger partial charge is 0.452 e. The molecule has 2 aromatic heterocycles. The number of hydrogen-bond donors (Lipinski definition) is 2. The van der Waals surface area contributed by atoms with Crippen LogP contribution in [-0.2, 0) is 28.7 Å². The second kappa shape index (κ2) is 27.8. The standard InChI is InChI=1S/C63H78N4O8/c1-40(2)35-52(66-58(70)48-27-19-33-64-38-48)60(72)74-53-36-62(11,12)50(46(9)56(53)68)31-29-44(7)25-17-23-42(5)21-15-16-22-43(6)24-18-26-45(8)30-32-51-47(10)57(69)54(37-63(51,13)14)75-61(73)55(41(3)4)67-59(71)49-28-20-34-65-39-49/h15-34,38-41,52-55H,35-37H2,1-14H3,(H,66,70)(H,67,71)/b16-15+,23-17+,24-18+,31-29+,32-30+,42-21+,43-22+,44-25+,45-26+. The van der Waals surface area contributed by atoms with Crippen LogP contribution < -0.4 is 10.6 Å². The number of aromatic nitrogens is 2. The van der Waals surface area contributed by atoms with E-state index in [-0.39, 0.29) is 23.4 Å². The molecule has 2 aromatic rings. The molecular weight excluding hydrogens is 941 g/mol. The molecule has 2 aliphatic carbocycles. The van der Waals surface area contributed by atoms with Crippen LogP contribution in [0.3, 0.4) is 0 Å². The van der Waals surface area contributed by atoms with Crippen LogP contribution in [0.4, 0.5) is 0 Å². The van der Waals surface area contributed by atoms with E-state index in [0.717, 1.165) is 33.4 Å². The molecule has 0 saturated carbocycles. The molecule has 0 aliphatic heterocycles. The van der Waals surface area contributed by atoms with E-state index < -0.39 is 58.9 Å². The van der Waals surface area contributed by atoms with E-state index in [2.05, 4.69) is 20.6 Å². The van der Waals surface area contributed by atoms with Gasteiger partial charge in [-0.15, -0.1) is 0 Å². The second-order valence-corrected chi connectivity index (χ2v) is 21.6. The third kappa shape index (κ3) is 18.2. The molecule has 2 heterocycles. The number of carbonyl (C=O) groups excluding carboxylic acids is 6. The molecule has 2 N–H and O–H groups in total. The molecule has 12 nitrogen and oxygen atoms in total. The van der Waals surface area contributed by atoms with Gasteiger partial charge in [-0.3, -0.25) is 29.1 Å². The number of pyridine rings is 2. The molecule has 0 radical (unpaired) electrons. The molecule has 398 valence electrons. The lowest BCUT2D eigenvalue weighted by atomic mass is 9.71. The van der Waals surface area contributed by atoms with Gasteiger partial charge in [-0.25, -0.2) is 9.59 Å². The van der Waals surface area contributed by atoms with Crippen molar-refractivity contribution >= 4 is 35.3 Å². The summed E-state index contributed by atoms with van der Waals surface area (Å²) < 4.78 is 11.7. The van der Waals surface area contributed by atoms with Crippen molar-refractivity contribution in [2.45, 2.75) is 140 Å².